The molecule has 1 aromatic carbocycles. The molecule has 0 bridgehead atoms. The van der Waals surface area contributed by atoms with Crippen molar-refractivity contribution in [2.24, 2.45) is 0 Å². The van der Waals surface area contributed by atoms with Crippen LogP contribution in [0.4, 0.5) is 5.69 Å². The molecule has 2 N–H and O–H groups in total. The first-order valence-corrected chi connectivity index (χ1v) is 7.78. The van der Waals surface area contributed by atoms with Crippen LogP contribution in [0.15, 0.2) is 24.5 Å². The number of rotatable bonds is 2. The molecule has 0 spiro atoms. The number of halogens is 1. The summed E-state index contributed by atoms with van der Waals surface area (Å²) in [5.74, 6) is 0.905. The molecule has 19 heavy (non-hydrogen) atoms. The Morgan fingerprint density at radius 2 is 2.00 bits per heavy atom. The molecule has 1 aliphatic carbocycles. The van der Waals surface area contributed by atoms with Crippen LogP contribution in [0.25, 0.3) is 11.4 Å². The predicted octanol–water partition coefficient (Wildman–Crippen LogP) is 3.64. The number of anilines is 1. The first kappa shape index (κ1) is 12.9. The Balaban J connectivity index is 2.01. The van der Waals surface area contributed by atoms with E-state index >= 15 is 0 Å². The number of hydrogen-bond donors (Lipinski definition) is 1. The average molecular weight is 368 g/mol. The van der Waals surface area contributed by atoms with E-state index in [0.29, 0.717) is 6.04 Å². The third kappa shape index (κ3) is 2.61. The van der Waals surface area contributed by atoms with Crippen molar-refractivity contribution in [2.75, 3.05) is 5.73 Å². The van der Waals surface area contributed by atoms with Gasteiger partial charge < -0.3 is 10.3 Å². The molecule has 1 aromatic heterocycles. The quantitative estimate of drug-likeness (QED) is 0.651. The Morgan fingerprint density at radius 3 is 2.79 bits per heavy atom. The van der Waals surface area contributed by atoms with Gasteiger partial charge in [-0.25, -0.2) is 0 Å². The summed E-state index contributed by atoms with van der Waals surface area (Å²) >= 11 is 2.30. The van der Waals surface area contributed by atoms with Gasteiger partial charge in [-0.05, 0) is 53.6 Å². The number of nitrogen functional groups attached to an aromatic ring is 1. The molecule has 2 aromatic rings. The third-order valence-corrected chi connectivity index (χ3v) is 4.47. The van der Waals surface area contributed by atoms with Gasteiger partial charge >= 0.3 is 0 Å². The smallest absolute Gasteiger partial charge is 0.166 e. The molecule has 0 radical (unpaired) electrons. The molecule has 0 unspecified atom stereocenters. The van der Waals surface area contributed by atoms with Gasteiger partial charge in [0.25, 0.3) is 0 Å². The Hall–Kier alpha value is -1.11. The van der Waals surface area contributed by atoms with E-state index in [1.807, 2.05) is 18.5 Å². The van der Waals surface area contributed by atoms with Crippen LogP contribution in [0.5, 0.6) is 0 Å². The van der Waals surface area contributed by atoms with E-state index in [4.69, 9.17) is 5.73 Å². The minimum absolute atomic E-state index is 0.524. The Labute approximate surface area is 126 Å². The number of aromatic nitrogens is 3. The lowest BCUT2D eigenvalue weighted by Crippen LogP contribution is -2.13. The molecule has 1 aliphatic rings. The number of hydrogen-bond acceptors (Lipinski definition) is 3. The topological polar surface area (TPSA) is 56.7 Å². The molecule has 4 nitrogen and oxygen atoms in total. The van der Waals surface area contributed by atoms with Gasteiger partial charge in [-0.3, -0.25) is 0 Å². The van der Waals surface area contributed by atoms with Gasteiger partial charge in [-0.15, -0.1) is 10.2 Å². The highest BCUT2D eigenvalue weighted by Gasteiger charge is 2.20. The van der Waals surface area contributed by atoms with Gasteiger partial charge in [-0.1, -0.05) is 19.3 Å². The number of nitrogens with two attached hydrogens (primary N) is 1. The second-order valence-corrected chi connectivity index (χ2v) is 6.33. The maximum Gasteiger partial charge on any atom is 0.166 e. The van der Waals surface area contributed by atoms with Crippen molar-refractivity contribution in [3.8, 4) is 11.4 Å². The summed E-state index contributed by atoms with van der Waals surface area (Å²) in [6.07, 6.45) is 8.22. The van der Waals surface area contributed by atoms with E-state index < -0.39 is 0 Å². The lowest BCUT2D eigenvalue weighted by molar-refractivity contribution is 0.355. The van der Waals surface area contributed by atoms with Crippen molar-refractivity contribution in [2.45, 2.75) is 38.1 Å². The van der Waals surface area contributed by atoms with E-state index in [2.05, 4.69) is 43.4 Å². The monoisotopic (exact) mass is 368 g/mol. The fraction of sp³-hybridized carbons (Fsp3) is 0.429. The van der Waals surface area contributed by atoms with Crippen molar-refractivity contribution in [3.63, 3.8) is 0 Å². The highest BCUT2D eigenvalue weighted by molar-refractivity contribution is 14.1. The van der Waals surface area contributed by atoms with Crippen LogP contribution in [-0.2, 0) is 0 Å². The first-order chi connectivity index (χ1) is 9.25. The maximum atomic E-state index is 6.09. The van der Waals surface area contributed by atoms with E-state index in [1.165, 1.54) is 35.7 Å². The van der Waals surface area contributed by atoms with Crippen LogP contribution in [0.3, 0.4) is 0 Å². The second-order valence-electron chi connectivity index (χ2n) is 5.09. The summed E-state index contributed by atoms with van der Waals surface area (Å²) in [6, 6.07) is 6.56. The molecule has 3 rings (SSSR count). The Morgan fingerprint density at radius 1 is 1.21 bits per heavy atom. The van der Waals surface area contributed by atoms with Crippen LogP contribution in [-0.4, -0.2) is 14.8 Å². The normalized spacial score (nSPS) is 16.7. The highest BCUT2D eigenvalue weighted by Crippen LogP contribution is 2.33. The fourth-order valence-corrected chi connectivity index (χ4v) is 3.28. The van der Waals surface area contributed by atoms with Gasteiger partial charge in [0.15, 0.2) is 5.82 Å². The second kappa shape index (κ2) is 5.48. The van der Waals surface area contributed by atoms with E-state index in [0.717, 1.165) is 17.1 Å². The molecule has 1 saturated carbocycles. The van der Waals surface area contributed by atoms with Crippen molar-refractivity contribution in [3.05, 3.63) is 28.1 Å². The summed E-state index contributed by atoms with van der Waals surface area (Å²) in [5, 5.41) is 8.39. The minimum atomic E-state index is 0.524. The van der Waals surface area contributed by atoms with Crippen molar-refractivity contribution in [1.29, 1.82) is 0 Å². The summed E-state index contributed by atoms with van der Waals surface area (Å²) in [6.45, 7) is 0. The molecule has 1 fully saturated rings. The molecular formula is C14H17IN4. The fourth-order valence-electron chi connectivity index (χ4n) is 2.78. The largest absolute Gasteiger partial charge is 0.398 e. The van der Waals surface area contributed by atoms with E-state index in [-0.39, 0.29) is 0 Å². The first-order valence-electron chi connectivity index (χ1n) is 6.70. The molecular weight excluding hydrogens is 351 g/mol. The molecule has 0 saturated heterocycles. The summed E-state index contributed by atoms with van der Waals surface area (Å²) in [4.78, 5) is 0. The Bertz CT molecular complexity index is 573. The zero-order chi connectivity index (χ0) is 13.2. The van der Waals surface area contributed by atoms with Gasteiger partial charge in [0.05, 0.1) is 0 Å². The van der Waals surface area contributed by atoms with Gasteiger partial charge in [-0.2, -0.15) is 0 Å². The molecule has 0 atom stereocenters. The molecule has 5 heteroatoms. The summed E-state index contributed by atoms with van der Waals surface area (Å²) < 4.78 is 3.38. The number of nitrogens with zero attached hydrogens (tertiary/aromatic N) is 3. The maximum absolute atomic E-state index is 6.09. The molecule has 1 heterocycles. The minimum Gasteiger partial charge on any atom is -0.398 e. The van der Waals surface area contributed by atoms with Crippen LogP contribution in [0.1, 0.15) is 38.1 Å². The van der Waals surface area contributed by atoms with Crippen molar-refractivity contribution >= 4 is 28.3 Å². The summed E-state index contributed by atoms with van der Waals surface area (Å²) in [7, 11) is 0. The third-order valence-electron chi connectivity index (χ3n) is 3.80. The van der Waals surface area contributed by atoms with Crippen LogP contribution in [0.2, 0.25) is 0 Å². The van der Waals surface area contributed by atoms with Crippen molar-refractivity contribution < 1.29 is 0 Å². The van der Waals surface area contributed by atoms with Crippen LogP contribution in [0, 0.1) is 3.57 Å². The number of benzene rings is 1. The van der Waals surface area contributed by atoms with Crippen LogP contribution < -0.4 is 5.73 Å². The highest BCUT2D eigenvalue weighted by atomic mass is 127. The summed E-state index contributed by atoms with van der Waals surface area (Å²) in [5.41, 5.74) is 7.86. The lowest BCUT2D eigenvalue weighted by atomic mass is 9.95. The van der Waals surface area contributed by atoms with E-state index in [9.17, 15) is 0 Å². The SMILES string of the molecule is Nc1ccc(I)cc1-c1nncn1C1CCCCC1. The van der Waals surface area contributed by atoms with Crippen molar-refractivity contribution in [1.82, 2.24) is 14.8 Å². The van der Waals surface area contributed by atoms with Gasteiger partial charge in [0.1, 0.15) is 6.33 Å². The average Bonchev–Trinajstić information content (AvgIpc) is 2.91. The zero-order valence-electron chi connectivity index (χ0n) is 10.7. The Kier molecular flexibility index (Phi) is 3.72. The van der Waals surface area contributed by atoms with Gasteiger partial charge in [0.2, 0.25) is 0 Å². The standard InChI is InChI=1S/C14H17IN4/c15-10-6-7-13(16)12(8-10)14-18-17-9-19(14)11-4-2-1-3-5-11/h6-9,11H,1-5,16H2. The van der Waals surface area contributed by atoms with E-state index in [1.54, 1.807) is 0 Å². The predicted molar refractivity (Wildman–Crippen MR) is 84.7 cm³/mol. The van der Waals surface area contributed by atoms with Crippen LogP contribution >= 0.6 is 22.6 Å². The molecule has 100 valence electrons. The molecule has 0 aliphatic heterocycles. The lowest BCUT2D eigenvalue weighted by Gasteiger charge is -2.24. The zero-order valence-corrected chi connectivity index (χ0v) is 12.9. The van der Waals surface area contributed by atoms with Gasteiger partial charge in [0, 0.05) is 20.9 Å². The molecule has 0 amide bonds.